The van der Waals surface area contributed by atoms with Gasteiger partial charge in [0.1, 0.15) is 11.5 Å². The Labute approximate surface area is 169 Å². The Hall–Kier alpha value is -2.81. The summed E-state index contributed by atoms with van der Waals surface area (Å²) in [5.41, 5.74) is 0.635. The maximum absolute atomic E-state index is 12.8. The van der Waals surface area contributed by atoms with Gasteiger partial charge in [0.25, 0.3) is 5.91 Å². The summed E-state index contributed by atoms with van der Waals surface area (Å²) in [4.78, 5) is 35.5. The number of hydrogen-bond donors (Lipinski definition) is 2. The van der Waals surface area contributed by atoms with E-state index in [2.05, 4.69) is 4.90 Å². The van der Waals surface area contributed by atoms with Crippen molar-refractivity contribution >= 4 is 17.8 Å². The minimum Gasteiger partial charge on any atom is -0.497 e. The van der Waals surface area contributed by atoms with E-state index in [0.717, 1.165) is 32.2 Å². The van der Waals surface area contributed by atoms with Crippen molar-refractivity contribution in [2.24, 2.45) is 0 Å². The first-order valence-corrected chi connectivity index (χ1v) is 9.58. The fourth-order valence-electron chi connectivity index (χ4n) is 3.67. The molecule has 1 saturated heterocycles. The third-order valence-corrected chi connectivity index (χ3v) is 5.22. The molecule has 0 atom stereocenters. The summed E-state index contributed by atoms with van der Waals surface area (Å²) in [6, 6.07) is 6.10. The highest BCUT2D eigenvalue weighted by molar-refractivity contribution is 6.27. The molecular weight excluding hydrogens is 380 g/mol. The van der Waals surface area contributed by atoms with Crippen LogP contribution in [0.5, 0.6) is 11.5 Å². The van der Waals surface area contributed by atoms with Gasteiger partial charge in [0.15, 0.2) is 0 Å². The fraction of sp³-hybridized carbons (Fsp3) is 0.550. The molecule has 0 spiro atoms. The second kappa shape index (κ2) is 10.7. The molecule has 0 bridgehead atoms. The number of rotatable bonds is 4. The lowest BCUT2D eigenvalue weighted by Crippen LogP contribution is -2.51. The Morgan fingerprint density at radius 1 is 0.862 bits per heavy atom. The van der Waals surface area contributed by atoms with E-state index in [1.54, 1.807) is 32.4 Å². The molecule has 1 amide bonds. The standard InChI is InChI=1S/C18H26N2O3.C2H2O4/c1-22-16-11-14(12-17(13-16)23-2)18(21)20-9-7-19(8-10-20)15-5-3-4-6-15;3-1(4)2(5)6/h11-13,15H,3-10H2,1-2H3;(H,3,4)(H,5,6). The minimum absolute atomic E-state index is 0.0632. The van der Waals surface area contributed by atoms with Crippen molar-refractivity contribution in [3.05, 3.63) is 23.8 Å². The number of carboxylic acid groups (broad SMARTS) is 2. The van der Waals surface area contributed by atoms with Crippen LogP contribution in [0.25, 0.3) is 0 Å². The van der Waals surface area contributed by atoms with Crippen LogP contribution in [0.4, 0.5) is 0 Å². The summed E-state index contributed by atoms with van der Waals surface area (Å²) < 4.78 is 10.5. The Morgan fingerprint density at radius 2 is 1.34 bits per heavy atom. The number of aliphatic carboxylic acids is 2. The van der Waals surface area contributed by atoms with Gasteiger partial charge in [0, 0.05) is 43.9 Å². The first kappa shape index (κ1) is 22.5. The molecule has 2 N–H and O–H groups in total. The molecule has 0 unspecified atom stereocenters. The molecule has 1 aromatic rings. The lowest BCUT2D eigenvalue weighted by molar-refractivity contribution is -0.159. The number of nitrogens with zero attached hydrogens (tertiary/aromatic N) is 2. The zero-order chi connectivity index (χ0) is 21.4. The predicted molar refractivity (Wildman–Crippen MR) is 105 cm³/mol. The molecule has 2 fully saturated rings. The van der Waals surface area contributed by atoms with Crippen molar-refractivity contribution in [1.29, 1.82) is 0 Å². The van der Waals surface area contributed by atoms with E-state index in [0.29, 0.717) is 17.1 Å². The van der Waals surface area contributed by atoms with Gasteiger partial charge in [-0.3, -0.25) is 9.69 Å². The Balaban J connectivity index is 0.000000438. The Bertz CT molecular complexity index is 689. The topological polar surface area (TPSA) is 117 Å². The number of methoxy groups -OCH3 is 2. The third kappa shape index (κ3) is 6.35. The van der Waals surface area contributed by atoms with Gasteiger partial charge in [-0.15, -0.1) is 0 Å². The molecule has 0 aromatic heterocycles. The van der Waals surface area contributed by atoms with Crippen LogP contribution in [0.2, 0.25) is 0 Å². The summed E-state index contributed by atoms with van der Waals surface area (Å²) in [7, 11) is 3.20. The summed E-state index contributed by atoms with van der Waals surface area (Å²) in [6.45, 7) is 3.57. The van der Waals surface area contributed by atoms with Crippen LogP contribution in [0.1, 0.15) is 36.0 Å². The van der Waals surface area contributed by atoms with Crippen LogP contribution in [-0.2, 0) is 9.59 Å². The van der Waals surface area contributed by atoms with E-state index in [1.165, 1.54) is 25.7 Å². The molecule has 1 aliphatic carbocycles. The molecule has 1 heterocycles. The van der Waals surface area contributed by atoms with Crippen molar-refractivity contribution in [2.45, 2.75) is 31.7 Å². The van der Waals surface area contributed by atoms with Crippen molar-refractivity contribution in [2.75, 3.05) is 40.4 Å². The maximum Gasteiger partial charge on any atom is 0.414 e. The molecule has 0 radical (unpaired) electrons. The monoisotopic (exact) mass is 408 g/mol. The van der Waals surface area contributed by atoms with E-state index >= 15 is 0 Å². The van der Waals surface area contributed by atoms with E-state index in [-0.39, 0.29) is 5.91 Å². The number of carbonyl (C=O) groups is 3. The maximum atomic E-state index is 12.8. The first-order chi connectivity index (χ1) is 13.8. The molecule has 1 saturated carbocycles. The largest absolute Gasteiger partial charge is 0.497 e. The molecular formula is C20H28N2O7. The van der Waals surface area contributed by atoms with Gasteiger partial charge in [0.05, 0.1) is 14.2 Å². The van der Waals surface area contributed by atoms with Gasteiger partial charge >= 0.3 is 11.9 Å². The SMILES string of the molecule is COc1cc(OC)cc(C(=O)N2CCN(C3CCCC3)CC2)c1.O=C(O)C(=O)O. The highest BCUT2D eigenvalue weighted by Gasteiger charge is 2.28. The lowest BCUT2D eigenvalue weighted by Gasteiger charge is -2.38. The molecule has 1 aliphatic heterocycles. The molecule has 1 aromatic carbocycles. The number of benzene rings is 1. The number of piperazine rings is 1. The molecule has 2 aliphatic rings. The van der Waals surface area contributed by atoms with Gasteiger partial charge in [-0.1, -0.05) is 12.8 Å². The van der Waals surface area contributed by atoms with Gasteiger partial charge < -0.3 is 24.6 Å². The fourth-order valence-corrected chi connectivity index (χ4v) is 3.67. The van der Waals surface area contributed by atoms with Crippen molar-refractivity contribution in [3.8, 4) is 11.5 Å². The van der Waals surface area contributed by atoms with Crippen LogP contribution in [0.15, 0.2) is 18.2 Å². The molecule has 160 valence electrons. The van der Waals surface area contributed by atoms with Crippen molar-refractivity contribution in [3.63, 3.8) is 0 Å². The van der Waals surface area contributed by atoms with Gasteiger partial charge in [-0.2, -0.15) is 0 Å². The molecule has 9 nitrogen and oxygen atoms in total. The van der Waals surface area contributed by atoms with Gasteiger partial charge in [-0.05, 0) is 25.0 Å². The Morgan fingerprint density at radius 3 is 1.76 bits per heavy atom. The highest BCUT2D eigenvalue weighted by atomic mass is 16.5. The second-order valence-electron chi connectivity index (χ2n) is 6.98. The van der Waals surface area contributed by atoms with E-state index in [4.69, 9.17) is 29.3 Å². The van der Waals surface area contributed by atoms with Gasteiger partial charge in [-0.25, -0.2) is 9.59 Å². The average molecular weight is 408 g/mol. The minimum atomic E-state index is -1.82. The molecule has 9 heteroatoms. The normalized spacial score (nSPS) is 17.2. The van der Waals surface area contributed by atoms with Crippen LogP contribution >= 0.6 is 0 Å². The van der Waals surface area contributed by atoms with Crippen LogP contribution in [0, 0.1) is 0 Å². The smallest absolute Gasteiger partial charge is 0.414 e. The zero-order valence-electron chi connectivity index (χ0n) is 16.8. The van der Waals surface area contributed by atoms with E-state index < -0.39 is 11.9 Å². The second-order valence-corrected chi connectivity index (χ2v) is 6.98. The van der Waals surface area contributed by atoms with Crippen molar-refractivity contribution in [1.82, 2.24) is 9.80 Å². The summed E-state index contributed by atoms with van der Waals surface area (Å²) in [6.07, 6.45) is 5.35. The first-order valence-electron chi connectivity index (χ1n) is 9.58. The predicted octanol–water partition coefficient (Wildman–Crippen LogP) is 1.56. The number of ether oxygens (including phenoxy) is 2. The summed E-state index contributed by atoms with van der Waals surface area (Å²) in [5.74, 6) is -2.28. The van der Waals surface area contributed by atoms with Crippen LogP contribution in [-0.4, -0.2) is 84.3 Å². The third-order valence-electron chi connectivity index (χ3n) is 5.22. The van der Waals surface area contributed by atoms with Crippen molar-refractivity contribution < 1.29 is 34.1 Å². The number of carbonyl (C=O) groups excluding carboxylic acids is 1. The van der Waals surface area contributed by atoms with Gasteiger partial charge in [0.2, 0.25) is 0 Å². The van der Waals surface area contributed by atoms with Crippen LogP contribution < -0.4 is 9.47 Å². The molecule has 29 heavy (non-hydrogen) atoms. The number of carboxylic acids is 2. The average Bonchev–Trinajstić information content (AvgIpc) is 3.28. The quantitative estimate of drug-likeness (QED) is 0.721. The summed E-state index contributed by atoms with van der Waals surface area (Å²) >= 11 is 0. The lowest BCUT2D eigenvalue weighted by atomic mass is 10.1. The van der Waals surface area contributed by atoms with E-state index in [1.807, 2.05) is 4.90 Å². The van der Waals surface area contributed by atoms with Crippen LogP contribution in [0.3, 0.4) is 0 Å². The zero-order valence-corrected chi connectivity index (χ0v) is 16.8. The molecule has 3 rings (SSSR count). The van der Waals surface area contributed by atoms with E-state index in [9.17, 15) is 4.79 Å². The Kier molecular flexibility index (Phi) is 8.26. The highest BCUT2D eigenvalue weighted by Crippen LogP contribution is 2.26. The number of amides is 1. The number of hydrogen-bond acceptors (Lipinski definition) is 6. The summed E-state index contributed by atoms with van der Waals surface area (Å²) in [5, 5.41) is 14.8.